The van der Waals surface area contributed by atoms with Gasteiger partial charge in [0.05, 0.1) is 16.4 Å². The Morgan fingerprint density at radius 1 is 1.09 bits per heavy atom. The standard InChI is InChI=1S/C24H22Cl2N4O2/c25-16-8-9-20(19(26)10-16)30-23-17-6-1-2-7-21(17)32-13-18(23)22(27-30)24(31)28-29-11-14-4-3-5-15(14)12-29/h1-2,6-10,14-15H,3-5,11-13H2,(H,28,31). The van der Waals surface area contributed by atoms with Gasteiger partial charge in [-0.3, -0.25) is 10.2 Å². The number of amides is 1. The molecule has 1 amide bonds. The molecule has 3 aliphatic rings. The molecule has 164 valence electrons. The molecule has 2 aliphatic heterocycles. The minimum Gasteiger partial charge on any atom is -0.488 e. The van der Waals surface area contributed by atoms with Crippen LogP contribution in [0.25, 0.3) is 16.9 Å². The molecule has 1 N–H and O–H groups in total. The van der Waals surface area contributed by atoms with Crippen molar-refractivity contribution in [2.45, 2.75) is 25.9 Å². The molecule has 1 aromatic heterocycles. The average molecular weight is 469 g/mol. The molecule has 32 heavy (non-hydrogen) atoms. The van der Waals surface area contributed by atoms with Crippen molar-refractivity contribution in [2.75, 3.05) is 13.1 Å². The predicted molar refractivity (Wildman–Crippen MR) is 123 cm³/mol. The molecule has 0 radical (unpaired) electrons. The molecule has 1 saturated carbocycles. The minimum atomic E-state index is -0.215. The van der Waals surface area contributed by atoms with Crippen LogP contribution in [0.2, 0.25) is 10.0 Å². The van der Waals surface area contributed by atoms with E-state index in [-0.39, 0.29) is 12.5 Å². The lowest BCUT2D eigenvalue weighted by Gasteiger charge is -2.20. The molecule has 1 aliphatic carbocycles. The zero-order valence-electron chi connectivity index (χ0n) is 17.4. The van der Waals surface area contributed by atoms with Gasteiger partial charge in [0.25, 0.3) is 5.91 Å². The van der Waals surface area contributed by atoms with E-state index in [1.54, 1.807) is 16.8 Å². The van der Waals surface area contributed by atoms with Gasteiger partial charge in [-0.1, -0.05) is 41.8 Å². The third-order valence-corrected chi connectivity index (χ3v) is 7.37. The number of hydrogen-bond donors (Lipinski definition) is 1. The number of rotatable bonds is 3. The maximum Gasteiger partial charge on any atom is 0.286 e. The van der Waals surface area contributed by atoms with Crippen molar-refractivity contribution < 1.29 is 9.53 Å². The molecular formula is C24H22Cl2N4O2. The molecule has 2 atom stereocenters. The van der Waals surface area contributed by atoms with Gasteiger partial charge in [-0.2, -0.15) is 5.10 Å². The van der Waals surface area contributed by atoms with Crippen LogP contribution < -0.4 is 10.2 Å². The number of fused-ring (bicyclic) bond motifs is 4. The number of nitrogens with one attached hydrogen (secondary N) is 1. The highest BCUT2D eigenvalue weighted by Gasteiger charge is 2.38. The van der Waals surface area contributed by atoms with Gasteiger partial charge in [0, 0.05) is 29.2 Å². The summed E-state index contributed by atoms with van der Waals surface area (Å²) < 4.78 is 7.71. The first-order valence-electron chi connectivity index (χ1n) is 10.9. The number of ether oxygens (including phenoxy) is 1. The highest BCUT2D eigenvalue weighted by Crippen LogP contribution is 2.41. The van der Waals surface area contributed by atoms with E-state index in [4.69, 9.17) is 33.0 Å². The number of hydrogen-bond acceptors (Lipinski definition) is 4. The van der Waals surface area contributed by atoms with Gasteiger partial charge in [0.15, 0.2) is 5.69 Å². The number of halogens is 2. The fraction of sp³-hybridized carbons (Fsp3) is 0.333. The third-order valence-electron chi connectivity index (χ3n) is 6.84. The maximum atomic E-state index is 13.3. The molecule has 6 nitrogen and oxygen atoms in total. The van der Waals surface area contributed by atoms with Gasteiger partial charge in [0.1, 0.15) is 12.4 Å². The minimum absolute atomic E-state index is 0.215. The summed E-state index contributed by atoms with van der Waals surface area (Å²) in [6.07, 6.45) is 3.80. The molecule has 2 aromatic carbocycles. The fourth-order valence-electron chi connectivity index (χ4n) is 5.33. The van der Waals surface area contributed by atoms with Crippen molar-refractivity contribution in [3.8, 4) is 22.7 Å². The summed E-state index contributed by atoms with van der Waals surface area (Å²) >= 11 is 12.6. The third kappa shape index (κ3) is 3.29. The van der Waals surface area contributed by atoms with Crippen molar-refractivity contribution in [2.24, 2.45) is 11.8 Å². The SMILES string of the molecule is O=C(NN1CC2CCCC2C1)c1nn(-c2ccc(Cl)cc2Cl)c2c1COc1ccccc1-2. The highest BCUT2D eigenvalue weighted by atomic mass is 35.5. The molecule has 6 rings (SSSR count). The lowest BCUT2D eigenvalue weighted by Crippen LogP contribution is -2.41. The Labute approximate surface area is 196 Å². The number of benzene rings is 2. The average Bonchev–Trinajstić information content (AvgIpc) is 3.47. The summed E-state index contributed by atoms with van der Waals surface area (Å²) in [5, 5.41) is 7.79. The molecule has 8 heteroatoms. The lowest BCUT2D eigenvalue weighted by atomic mass is 10.0. The van der Waals surface area contributed by atoms with E-state index in [0.717, 1.165) is 35.7 Å². The Hall–Kier alpha value is -2.54. The van der Waals surface area contributed by atoms with Gasteiger partial charge >= 0.3 is 0 Å². The number of carbonyl (C=O) groups excluding carboxylic acids is 1. The van der Waals surface area contributed by atoms with Crippen molar-refractivity contribution in [3.05, 3.63) is 63.8 Å². The molecule has 1 saturated heterocycles. The van der Waals surface area contributed by atoms with Crippen LogP contribution in [0.1, 0.15) is 35.3 Å². The van der Waals surface area contributed by atoms with E-state index in [2.05, 4.69) is 10.4 Å². The quantitative estimate of drug-likeness (QED) is 0.579. The van der Waals surface area contributed by atoms with Crippen molar-refractivity contribution >= 4 is 29.1 Å². The van der Waals surface area contributed by atoms with Crippen molar-refractivity contribution in [1.29, 1.82) is 0 Å². The van der Waals surface area contributed by atoms with Crippen molar-refractivity contribution in [3.63, 3.8) is 0 Å². The van der Waals surface area contributed by atoms with Crippen LogP contribution in [0.3, 0.4) is 0 Å². The van der Waals surface area contributed by atoms with Crippen LogP contribution in [-0.4, -0.2) is 33.8 Å². The fourth-order valence-corrected chi connectivity index (χ4v) is 5.82. The molecule has 3 aromatic rings. The Morgan fingerprint density at radius 2 is 1.88 bits per heavy atom. The zero-order chi connectivity index (χ0) is 21.8. The van der Waals surface area contributed by atoms with E-state index < -0.39 is 0 Å². The van der Waals surface area contributed by atoms with Gasteiger partial charge in [-0.15, -0.1) is 0 Å². The van der Waals surface area contributed by atoms with E-state index in [1.165, 1.54) is 19.3 Å². The highest BCUT2D eigenvalue weighted by molar-refractivity contribution is 6.35. The predicted octanol–water partition coefficient (Wildman–Crippen LogP) is 5.12. The molecule has 0 spiro atoms. The monoisotopic (exact) mass is 468 g/mol. The first-order chi connectivity index (χ1) is 15.6. The molecule has 0 bridgehead atoms. The summed E-state index contributed by atoms with van der Waals surface area (Å²) in [5.74, 6) is 1.91. The summed E-state index contributed by atoms with van der Waals surface area (Å²) in [6.45, 7) is 2.08. The maximum absolute atomic E-state index is 13.3. The normalized spacial score (nSPS) is 21.6. The second kappa shape index (κ2) is 7.80. The topological polar surface area (TPSA) is 59.4 Å². The number of hydrazine groups is 1. The number of para-hydroxylation sites is 1. The second-order valence-corrected chi connectivity index (χ2v) is 9.61. The summed E-state index contributed by atoms with van der Waals surface area (Å²) in [7, 11) is 0. The number of nitrogens with zero attached hydrogens (tertiary/aromatic N) is 3. The van der Waals surface area contributed by atoms with Crippen LogP contribution in [0.4, 0.5) is 0 Å². The van der Waals surface area contributed by atoms with Gasteiger partial charge in [-0.05, 0) is 55.0 Å². The van der Waals surface area contributed by atoms with Gasteiger partial charge in [0.2, 0.25) is 0 Å². The molecular weight excluding hydrogens is 447 g/mol. The lowest BCUT2D eigenvalue weighted by molar-refractivity contribution is 0.0806. The molecule has 2 fully saturated rings. The van der Waals surface area contributed by atoms with Crippen LogP contribution in [-0.2, 0) is 6.61 Å². The van der Waals surface area contributed by atoms with Gasteiger partial charge < -0.3 is 4.74 Å². The van der Waals surface area contributed by atoms with Crippen LogP contribution >= 0.6 is 23.2 Å². The summed E-state index contributed by atoms with van der Waals surface area (Å²) in [4.78, 5) is 13.3. The van der Waals surface area contributed by atoms with E-state index in [0.29, 0.717) is 33.3 Å². The van der Waals surface area contributed by atoms with E-state index in [9.17, 15) is 4.79 Å². The first kappa shape index (κ1) is 20.1. The van der Waals surface area contributed by atoms with E-state index >= 15 is 0 Å². The largest absolute Gasteiger partial charge is 0.488 e. The van der Waals surface area contributed by atoms with Crippen molar-refractivity contribution in [1.82, 2.24) is 20.2 Å². The van der Waals surface area contributed by atoms with Gasteiger partial charge in [-0.25, -0.2) is 9.69 Å². The second-order valence-electron chi connectivity index (χ2n) is 8.77. The molecule has 2 unspecified atom stereocenters. The summed E-state index contributed by atoms with van der Waals surface area (Å²) in [6, 6.07) is 13.0. The molecule has 3 heterocycles. The Morgan fingerprint density at radius 3 is 2.66 bits per heavy atom. The Balaban J connectivity index is 1.42. The smallest absolute Gasteiger partial charge is 0.286 e. The Bertz CT molecular complexity index is 1210. The van der Waals surface area contributed by atoms with Crippen LogP contribution in [0.15, 0.2) is 42.5 Å². The van der Waals surface area contributed by atoms with Crippen LogP contribution in [0, 0.1) is 11.8 Å². The Kier molecular flexibility index (Phi) is 4.90. The van der Waals surface area contributed by atoms with Crippen LogP contribution in [0.5, 0.6) is 5.75 Å². The first-order valence-corrected chi connectivity index (χ1v) is 11.7. The number of carbonyl (C=O) groups is 1. The zero-order valence-corrected chi connectivity index (χ0v) is 18.9. The summed E-state index contributed by atoms with van der Waals surface area (Å²) in [5.41, 5.74) is 6.57. The number of aromatic nitrogens is 2. The van der Waals surface area contributed by atoms with E-state index in [1.807, 2.05) is 30.3 Å².